The van der Waals surface area contributed by atoms with Crippen LogP contribution in [0.1, 0.15) is 17.2 Å². The number of hydrogen-bond donors (Lipinski definition) is 1. The van der Waals surface area contributed by atoms with Crippen molar-refractivity contribution in [3.63, 3.8) is 0 Å². The van der Waals surface area contributed by atoms with E-state index in [1.807, 2.05) is 0 Å². The predicted molar refractivity (Wildman–Crippen MR) is 109 cm³/mol. The van der Waals surface area contributed by atoms with Crippen LogP contribution in [-0.2, 0) is 9.59 Å². The molecule has 3 aromatic rings. The minimum atomic E-state index is -4.89. The van der Waals surface area contributed by atoms with Gasteiger partial charge >= 0.3 is 6.36 Å². The number of ketones is 1. The average molecular weight is 458 g/mol. The maximum atomic E-state index is 13.3. The number of aliphatic hydroxyl groups is 1. The summed E-state index contributed by atoms with van der Waals surface area (Å²) in [6.07, 6.45) is -2.03. The highest BCUT2D eigenvalue weighted by Crippen LogP contribution is 2.42. The first-order valence-corrected chi connectivity index (χ1v) is 9.48. The van der Waals surface area contributed by atoms with Crippen LogP contribution in [0.2, 0.25) is 0 Å². The number of alkyl halides is 3. The van der Waals surface area contributed by atoms with Crippen molar-refractivity contribution in [3.8, 4) is 5.75 Å². The molecule has 33 heavy (non-hydrogen) atoms. The zero-order valence-corrected chi connectivity index (χ0v) is 16.6. The molecule has 4 rings (SSSR count). The molecule has 1 saturated heterocycles. The molecule has 1 aliphatic heterocycles. The van der Waals surface area contributed by atoms with Crippen LogP contribution < -0.4 is 9.64 Å². The van der Waals surface area contributed by atoms with Gasteiger partial charge < -0.3 is 9.84 Å². The number of nitrogens with zero attached hydrogens (tertiary/aromatic N) is 2. The van der Waals surface area contributed by atoms with E-state index in [2.05, 4.69) is 9.72 Å². The summed E-state index contributed by atoms with van der Waals surface area (Å²) >= 11 is 0. The number of aliphatic hydroxyl groups excluding tert-OH is 1. The van der Waals surface area contributed by atoms with Crippen molar-refractivity contribution in [2.24, 2.45) is 0 Å². The highest BCUT2D eigenvalue weighted by atomic mass is 19.4. The van der Waals surface area contributed by atoms with Gasteiger partial charge in [0.25, 0.3) is 11.7 Å². The van der Waals surface area contributed by atoms with Crippen molar-refractivity contribution in [2.75, 3.05) is 4.90 Å². The smallest absolute Gasteiger partial charge is 0.507 e. The van der Waals surface area contributed by atoms with Crippen LogP contribution in [-0.4, -0.2) is 28.1 Å². The van der Waals surface area contributed by atoms with Crippen LogP contribution in [0.25, 0.3) is 5.76 Å². The molecule has 0 spiro atoms. The zero-order valence-electron chi connectivity index (χ0n) is 16.6. The summed E-state index contributed by atoms with van der Waals surface area (Å²) in [6.45, 7) is 0. The average Bonchev–Trinajstić information content (AvgIpc) is 3.04. The van der Waals surface area contributed by atoms with Gasteiger partial charge in [0.05, 0.1) is 11.6 Å². The van der Waals surface area contributed by atoms with Crippen molar-refractivity contribution in [3.05, 3.63) is 95.6 Å². The Hall–Kier alpha value is -4.21. The summed E-state index contributed by atoms with van der Waals surface area (Å²) in [4.78, 5) is 30.9. The fraction of sp³-hybridized carbons (Fsp3) is 0.0870. The monoisotopic (exact) mass is 458 g/mol. The van der Waals surface area contributed by atoms with Crippen LogP contribution in [0.15, 0.2) is 78.6 Å². The number of anilines is 1. The van der Waals surface area contributed by atoms with Crippen LogP contribution in [0.3, 0.4) is 0 Å². The molecule has 1 amide bonds. The number of benzene rings is 2. The first-order chi connectivity index (χ1) is 15.7. The van der Waals surface area contributed by atoms with Crippen LogP contribution in [0.4, 0.5) is 23.2 Å². The number of carbonyl (C=O) groups is 2. The fourth-order valence-corrected chi connectivity index (χ4v) is 3.52. The Bertz CT molecular complexity index is 1220. The van der Waals surface area contributed by atoms with Gasteiger partial charge in [0, 0.05) is 23.6 Å². The number of aromatic nitrogens is 1. The van der Waals surface area contributed by atoms with Crippen molar-refractivity contribution < 1.29 is 37.0 Å². The highest BCUT2D eigenvalue weighted by molar-refractivity contribution is 6.51. The lowest BCUT2D eigenvalue weighted by molar-refractivity contribution is -0.274. The largest absolute Gasteiger partial charge is 0.573 e. The van der Waals surface area contributed by atoms with E-state index in [-0.39, 0.29) is 16.8 Å². The molecule has 10 heteroatoms. The molecule has 168 valence electrons. The minimum Gasteiger partial charge on any atom is -0.507 e. The molecule has 1 aromatic heterocycles. The second kappa shape index (κ2) is 8.38. The third-order valence-corrected chi connectivity index (χ3v) is 4.91. The summed E-state index contributed by atoms with van der Waals surface area (Å²) in [5.74, 6) is -3.61. The quantitative estimate of drug-likeness (QED) is 0.264. The Kier molecular flexibility index (Phi) is 5.59. The molecule has 1 aliphatic rings. The van der Waals surface area contributed by atoms with E-state index in [1.165, 1.54) is 36.7 Å². The van der Waals surface area contributed by atoms with E-state index in [4.69, 9.17) is 0 Å². The summed E-state index contributed by atoms with van der Waals surface area (Å²) < 4.78 is 54.6. The second-order valence-electron chi connectivity index (χ2n) is 7.00. The molecule has 1 N–H and O–H groups in total. The van der Waals surface area contributed by atoms with Crippen molar-refractivity contribution >= 4 is 23.1 Å². The molecule has 2 heterocycles. The Morgan fingerprint density at radius 3 is 2.24 bits per heavy atom. The van der Waals surface area contributed by atoms with Gasteiger partial charge in [0.1, 0.15) is 17.3 Å². The molecule has 0 saturated carbocycles. The normalized spacial score (nSPS) is 17.9. The third-order valence-electron chi connectivity index (χ3n) is 4.91. The molecule has 6 nitrogen and oxygen atoms in total. The van der Waals surface area contributed by atoms with Gasteiger partial charge in [-0.15, -0.1) is 13.2 Å². The Labute approximate surface area is 184 Å². The maximum Gasteiger partial charge on any atom is 0.573 e. The molecule has 0 bridgehead atoms. The van der Waals surface area contributed by atoms with Crippen LogP contribution >= 0.6 is 0 Å². The number of carbonyl (C=O) groups excluding carboxylic acids is 2. The molecular formula is C23H14F4N2O4. The van der Waals surface area contributed by atoms with Crippen LogP contribution in [0.5, 0.6) is 5.75 Å². The van der Waals surface area contributed by atoms with Crippen molar-refractivity contribution in [2.45, 2.75) is 12.4 Å². The van der Waals surface area contributed by atoms with Crippen molar-refractivity contribution in [1.29, 1.82) is 0 Å². The van der Waals surface area contributed by atoms with E-state index in [0.29, 0.717) is 5.56 Å². The van der Waals surface area contributed by atoms with Crippen LogP contribution in [0, 0.1) is 5.82 Å². The number of amides is 1. The highest BCUT2D eigenvalue weighted by Gasteiger charge is 2.47. The summed E-state index contributed by atoms with van der Waals surface area (Å²) in [6, 6.07) is 11.1. The number of rotatable bonds is 4. The van der Waals surface area contributed by atoms with Gasteiger partial charge in [-0.05, 0) is 60.2 Å². The lowest BCUT2D eigenvalue weighted by atomic mass is 9.96. The lowest BCUT2D eigenvalue weighted by Gasteiger charge is -2.25. The zero-order chi connectivity index (χ0) is 23.8. The number of pyridine rings is 1. The van der Waals surface area contributed by atoms with Gasteiger partial charge in [-0.3, -0.25) is 19.5 Å². The number of Topliss-reactive ketones (excluding diaryl/α,β-unsaturated/α-hetero) is 1. The summed E-state index contributed by atoms with van der Waals surface area (Å²) in [7, 11) is 0. The maximum absolute atomic E-state index is 13.3. The van der Waals surface area contributed by atoms with E-state index in [0.717, 1.165) is 29.2 Å². The third kappa shape index (κ3) is 4.40. The van der Waals surface area contributed by atoms with Gasteiger partial charge in [-0.1, -0.05) is 6.07 Å². The first-order valence-electron chi connectivity index (χ1n) is 9.48. The van der Waals surface area contributed by atoms with Gasteiger partial charge in [0.2, 0.25) is 0 Å². The standard InChI is InChI=1S/C23H14F4N2O4/c24-15-5-3-13(4-6-15)20(30)18-19(14-2-1-11-28-12-14)29(22(32)21(18)31)16-7-9-17(10-8-16)33-23(25,26)27/h1-12,19,30H/b20-18-. The molecule has 0 aliphatic carbocycles. The molecule has 1 atom stereocenters. The minimum absolute atomic E-state index is 0.0960. The molecule has 0 radical (unpaired) electrons. The summed E-state index contributed by atoms with van der Waals surface area (Å²) in [5, 5.41) is 10.9. The predicted octanol–water partition coefficient (Wildman–Crippen LogP) is 4.75. The Morgan fingerprint density at radius 2 is 1.67 bits per heavy atom. The van der Waals surface area contributed by atoms with E-state index in [9.17, 15) is 32.3 Å². The van der Waals surface area contributed by atoms with Gasteiger partial charge in [-0.2, -0.15) is 0 Å². The Balaban J connectivity index is 1.83. The summed E-state index contributed by atoms with van der Waals surface area (Å²) in [5.41, 5.74) is 0.307. The lowest BCUT2D eigenvalue weighted by Crippen LogP contribution is -2.29. The van der Waals surface area contributed by atoms with Gasteiger partial charge in [-0.25, -0.2) is 4.39 Å². The number of ether oxygens (including phenoxy) is 1. The Morgan fingerprint density at radius 1 is 1.00 bits per heavy atom. The van der Waals surface area contributed by atoms with E-state index >= 15 is 0 Å². The van der Waals surface area contributed by atoms with Gasteiger partial charge in [0.15, 0.2) is 0 Å². The van der Waals surface area contributed by atoms with E-state index < -0.39 is 41.4 Å². The second-order valence-corrected chi connectivity index (χ2v) is 7.00. The number of hydrogen-bond acceptors (Lipinski definition) is 5. The first kappa shape index (κ1) is 22.0. The molecule has 1 fully saturated rings. The van der Waals surface area contributed by atoms with E-state index in [1.54, 1.807) is 12.1 Å². The topological polar surface area (TPSA) is 79.7 Å². The number of halogens is 4. The molecular weight excluding hydrogens is 444 g/mol. The molecule has 2 aromatic carbocycles. The SMILES string of the molecule is O=C1C(=O)N(c2ccc(OC(F)(F)F)cc2)C(c2cccnc2)/C1=C(/O)c1ccc(F)cc1. The fourth-order valence-electron chi connectivity index (χ4n) is 3.52. The van der Waals surface area contributed by atoms with Crippen molar-refractivity contribution in [1.82, 2.24) is 4.98 Å². The molecule has 1 unspecified atom stereocenters.